The van der Waals surface area contributed by atoms with Gasteiger partial charge in [0.05, 0.1) is 11.8 Å². The van der Waals surface area contributed by atoms with Crippen LogP contribution in [0.4, 0.5) is 10.1 Å². The van der Waals surface area contributed by atoms with Gasteiger partial charge in [0.1, 0.15) is 5.82 Å². The second-order valence-corrected chi connectivity index (χ2v) is 5.44. The number of halogens is 1. The Morgan fingerprint density at radius 1 is 1.22 bits per heavy atom. The van der Waals surface area contributed by atoms with Gasteiger partial charge in [-0.15, -0.1) is 0 Å². The summed E-state index contributed by atoms with van der Waals surface area (Å²) < 4.78 is 14.0. The molecule has 0 amide bonds. The smallest absolute Gasteiger partial charge is 0.146 e. The van der Waals surface area contributed by atoms with Crippen LogP contribution < -0.4 is 4.90 Å². The molecular formula is C15H24FNO. The number of benzene rings is 1. The van der Waals surface area contributed by atoms with Gasteiger partial charge in [-0.1, -0.05) is 26.0 Å². The maximum Gasteiger partial charge on any atom is 0.146 e. The molecule has 0 bridgehead atoms. The molecule has 0 fully saturated rings. The van der Waals surface area contributed by atoms with Gasteiger partial charge in [-0.3, -0.25) is 0 Å². The highest BCUT2D eigenvalue weighted by Gasteiger charge is 2.20. The van der Waals surface area contributed by atoms with Crippen molar-refractivity contribution in [2.45, 2.75) is 46.3 Å². The van der Waals surface area contributed by atoms with Crippen LogP contribution >= 0.6 is 0 Å². The Balaban J connectivity index is 3.07. The van der Waals surface area contributed by atoms with Crippen LogP contribution in [0.25, 0.3) is 0 Å². The lowest BCUT2D eigenvalue weighted by Crippen LogP contribution is -2.31. The average Bonchev–Trinajstić information content (AvgIpc) is 2.26. The van der Waals surface area contributed by atoms with Crippen LogP contribution in [0.15, 0.2) is 18.2 Å². The lowest BCUT2D eigenvalue weighted by atomic mass is 10.0. The van der Waals surface area contributed by atoms with Crippen LogP contribution in [-0.4, -0.2) is 18.2 Å². The monoisotopic (exact) mass is 253 g/mol. The summed E-state index contributed by atoms with van der Waals surface area (Å²) in [5.74, 6) is 0.288. The van der Waals surface area contributed by atoms with Crippen LogP contribution in [0.2, 0.25) is 0 Å². The van der Waals surface area contributed by atoms with E-state index in [0.29, 0.717) is 17.2 Å². The molecule has 1 unspecified atom stereocenters. The Hall–Kier alpha value is -1.09. The summed E-state index contributed by atoms with van der Waals surface area (Å²) in [5.41, 5.74) is 1.16. The van der Waals surface area contributed by atoms with E-state index in [0.717, 1.165) is 6.42 Å². The van der Waals surface area contributed by atoms with Crippen molar-refractivity contribution < 1.29 is 9.50 Å². The number of aliphatic hydroxyl groups excluding tert-OH is 1. The van der Waals surface area contributed by atoms with Gasteiger partial charge in [0, 0.05) is 18.7 Å². The summed E-state index contributed by atoms with van der Waals surface area (Å²) in [5, 5.41) is 9.75. The molecule has 0 aliphatic carbocycles. The predicted octanol–water partition coefficient (Wildman–Crippen LogP) is 3.75. The van der Waals surface area contributed by atoms with Gasteiger partial charge in [0.2, 0.25) is 0 Å². The first-order valence-electron chi connectivity index (χ1n) is 6.53. The number of anilines is 1. The van der Waals surface area contributed by atoms with Crippen molar-refractivity contribution >= 4 is 5.69 Å². The van der Waals surface area contributed by atoms with Crippen LogP contribution in [-0.2, 0) is 0 Å². The molecule has 0 spiro atoms. The molecule has 0 aromatic heterocycles. The minimum Gasteiger partial charge on any atom is -0.389 e. The zero-order valence-corrected chi connectivity index (χ0v) is 11.9. The van der Waals surface area contributed by atoms with Gasteiger partial charge in [-0.2, -0.15) is 0 Å². The van der Waals surface area contributed by atoms with E-state index in [2.05, 4.69) is 20.8 Å². The minimum atomic E-state index is -0.663. The van der Waals surface area contributed by atoms with Crippen molar-refractivity contribution in [2.24, 2.45) is 5.92 Å². The average molecular weight is 253 g/mol. The number of nitrogens with zero attached hydrogens (tertiary/aromatic N) is 1. The van der Waals surface area contributed by atoms with E-state index in [1.807, 2.05) is 11.9 Å². The van der Waals surface area contributed by atoms with Crippen molar-refractivity contribution in [1.82, 2.24) is 0 Å². The number of aliphatic hydroxyl groups is 1. The molecule has 1 N–H and O–H groups in total. The molecule has 0 saturated heterocycles. The minimum absolute atomic E-state index is 0.236. The van der Waals surface area contributed by atoms with Gasteiger partial charge >= 0.3 is 0 Å². The second-order valence-electron chi connectivity index (χ2n) is 5.44. The summed E-state index contributed by atoms with van der Waals surface area (Å²) in [6.45, 7) is 8.06. The first-order chi connectivity index (χ1) is 8.34. The quantitative estimate of drug-likeness (QED) is 0.864. The van der Waals surface area contributed by atoms with Crippen molar-refractivity contribution in [3.05, 3.63) is 29.6 Å². The van der Waals surface area contributed by atoms with Gasteiger partial charge in [0.25, 0.3) is 0 Å². The Kier molecular flexibility index (Phi) is 5.15. The predicted molar refractivity (Wildman–Crippen MR) is 74.4 cm³/mol. The van der Waals surface area contributed by atoms with Crippen molar-refractivity contribution in [2.75, 3.05) is 11.9 Å². The molecule has 0 heterocycles. The molecule has 1 aromatic rings. The van der Waals surface area contributed by atoms with Crippen molar-refractivity contribution in [3.63, 3.8) is 0 Å². The molecule has 2 atom stereocenters. The summed E-state index contributed by atoms with van der Waals surface area (Å²) >= 11 is 0. The third-order valence-electron chi connectivity index (χ3n) is 3.29. The highest BCUT2D eigenvalue weighted by Crippen LogP contribution is 2.30. The van der Waals surface area contributed by atoms with Crippen LogP contribution in [0.5, 0.6) is 0 Å². The Bertz CT molecular complexity index is 390. The maximum absolute atomic E-state index is 14.0. The van der Waals surface area contributed by atoms with E-state index < -0.39 is 6.10 Å². The van der Waals surface area contributed by atoms with Crippen LogP contribution in [0.1, 0.15) is 45.8 Å². The summed E-state index contributed by atoms with van der Waals surface area (Å²) in [7, 11) is 1.89. The molecule has 2 nitrogen and oxygen atoms in total. The number of para-hydroxylation sites is 1. The first kappa shape index (κ1) is 15.0. The maximum atomic E-state index is 14.0. The van der Waals surface area contributed by atoms with Crippen LogP contribution in [0, 0.1) is 11.7 Å². The van der Waals surface area contributed by atoms with E-state index >= 15 is 0 Å². The van der Waals surface area contributed by atoms with Crippen molar-refractivity contribution in [3.8, 4) is 0 Å². The van der Waals surface area contributed by atoms with Crippen molar-refractivity contribution in [1.29, 1.82) is 0 Å². The summed E-state index contributed by atoms with van der Waals surface area (Å²) in [4.78, 5) is 1.93. The lowest BCUT2D eigenvalue weighted by molar-refractivity contribution is 0.199. The second kappa shape index (κ2) is 6.19. The van der Waals surface area contributed by atoms with E-state index in [9.17, 15) is 9.50 Å². The largest absolute Gasteiger partial charge is 0.389 e. The molecule has 102 valence electrons. The molecule has 18 heavy (non-hydrogen) atoms. The fraction of sp³-hybridized carbons (Fsp3) is 0.600. The molecule has 0 aliphatic rings. The molecule has 1 aromatic carbocycles. The highest BCUT2D eigenvalue weighted by atomic mass is 19.1. The number of hydrogen-bond donors (Lipinski definition) is 1. The van der Waals surface area contributed by atoms with Gasteiger partial charge in [0.15, 0.2) is 0 Å². The number of hydrogen-bond acceptors (Lipinski definition) is 2. The lowest BCUT2D eigenvalue weighted by Gasteiger charge is -2.31. The standard InChI is InChI=1S/C15H24FNO/c1-10(2)9-11(3)17(5)15-13(12(4)18)7-6-8-14(15)16/h6-8,10-12,18H,9H2,1-5H3/t11?,12-/m0/s1. The number of rotatable bonds is 5. The topological polar surface area (TPSA) is 23.5 Å². The van der Waals surface area contributed by atoms with Gasteiger partial charge in [-0.25, -0.2) is 4.39 Å². The Labute approximate surface area is 109 Å². The Morgan fingerprint density at radius 3 is 2.33 bits per heavy atom. The fourth-order valence-corrected chi connectivity index (χ4v) is 2.30. The molecule has 0 aliphatic heterocycles. The van der Waals surface area contributed by atoms with E-state index in [-0.39, 0.29) is 11.9 Å². The third kappa shape index (κ3) is 3.45. The normalized spacial score (nSPS) is 14.7. The third-order valence-corrected chi connectivity index (χ3v) is 3.29. The molecule has 0 radical (unpaired) electrons. The Morgan fingerprint density at radius 2 is 1.83 bits per heavy atom. The fourth-order valence-electron chi connectivity index (χ4n) is 2.30. The zero-order chi connectivity index (χ0) is 13.9. The van der Waals surface area contributed by atoms with Gasteiger partial charge in [-0.05, 0) is 32.3 Å². The molecular weight excluding hydrogens is 229 g/mol. The first-order valence-corrected chi connectivity index (χ1v) is 6.53. The molecule has 1 rings (SSSR count). The van der Waals surface area contributed by atoms with Gasteiger partial charge < -0.3 is 10.0 Å². The molecule has 3 heteroatoms. The molecule has 0 saturated carbocycles. The van der Waals surface area contributed by atoms with E-state index in [1.165, 1.54) is 6.07 Å². The van der Waals surface area contributed by atoms with Crippen LogP contribution in [0.3, 0.4) is 0 Å². The highest BCUT2D eigenvalue weighted by molar-refractivity contribution is 5.55. The van der Waals surface area contributed by atoms with E-state index in [1.54, 1.807) is 19.1 Å². The summed E-state index contributed by atoms with van der Waals surface area (Å²) in [6, 6.07) is 5.10. The van der Waals surface area contributed by atoms with E-state index in [4.69, 9.17) is 0 Å². The zero-order valence-electron chi connectivity index (χ0n) is 11.9. The SMILES string of the molecule is CC(C)CC(C)N(C)c1c(F)cccc1[C@H](C)O. The summed E-state index contributed by atoms with van der Waals surface area (Å²) in [6.07, 6.45) is 0.328.